The fourth-order valence-electron chi connectivity index (χ4n) is 1.14. The first-order valence-corrected chi connectivity index (χ1v) is 7.62. The molecule has 0 fully saturated rings. The molecule has 0 aliphatic heterocycles. The number of halogens is 5. The van der Waals surface area contributed by atoms with Crippen LogP contribution in [-0.2, 0) is 9.53 Å². The summed E-state index contributed by atoms with van der Waals surface area (Å²) in [5.74, 6) is -12.7. The third kappa shape index (κ3) is 6.27. The van der Waals surface area contributed by atoms with Crippen LogP contribution < -0.4 is 9.61 Å². The Kier molecular flexibility index (Phi) is 10.4. The van der Waals surface area contributed by atoms with Gasteiger partial charge in [0.25, 0.3) is 0 Å². The molecule has 1 unspecified atom stereocenters. The third-order valence-corrected chi connectivity index (χ3v) is 2.72. The molecule has 0 aromatic heterocycles. The van der Waals surface area contributed by atoms with E-state index >= 15 is 0 Å². The van der Waals surface area contributed by atoms with E-state index in [0.29, 0.717) is 6.42 Å². The zero-order valence-corrected chi connectivity index (χ0v) is 13.7. The average Bonchev–Trinajstić information content (AvgIpc) is 2.57. The van der Waals surface area contributed by atoms with Gasteiger partial charge < -0.3 is 9.26 Å². The third-order valence-electron chi connectivity index (χ3n) is 2.09. The first-order valence-electron chi connectivity index (χ1n) is 6.71. The highest BCUT2D eigenvalue weighted by molar-refractivity contribution is 7.30. The van der Waals surface area contributed by atoms with Gasteiger partial charge in [-0.05, 0) is 6.42 Å². The summed E-state index contributed by atoms with van der Waals surface area (Å²) in [5.41, 5.74) is 0. The van der Waals surface area contributed by atoms with Crippen molar-refractivity contribution in [2.45, 2.75) is 27.2 Å². The molecule has 0 amide bonds. The molecule has 0 aliphatic rings. The van der Waals surface area contributed by atoms with Crippen molar-refractivity contribution in [1.29, 1.82) is 0 Å². The van der Waals surface area contributed by atoms with Gasteiger partial charge in [0.15, 0.2) is 0 Å². The second-order valence-corrected chi connectivity index (χ2v) is 4.44. The predicted octanol–water partition coefficient (Wildman–Crippen LogP) is 3.84. The molecule has 4 nitrogen and oxygen atoms in total. The Morgan fingerprint density at radius 1 is 1.00 bits per heavy atom. The zero-order chi connectivity index (χ0) is 18.0. The van der Waals surface area contributed by atoms with Crippen LogP contribution in [0.5, 0.6) is 5.75 Å². The number of carbonyl (C=O) groups excluding carboxylic acids is 1. The number of hydrogen-bond acceptors (Lipinski definition) is 4. The van der Waals surface area contributed by atoms with Crippen LogP contribution in [0.25, 0.3) is 0 Å². The van der Waals surface area contributed by atoms with E-state index in [4.69, 9.17) is 0 Å². The van der Waals surface area contributed by atoms with Crippen molar-refractivity contribution in [3.8, 4) is 5.75 Å². The van der Waals surface area contributed by atoms with Gasteiger partial charge in [-0.2, -0.15) is 8.78 Å². The van der Waals surface area contributed by atoms with Crippen LogP contribution in [0.4, 0.5) is 22.0 Å². The van der Waals surface area contributed by atoms with Gasteiger partial charge >= 0.3 is 5.97 Å². The Balaban J connectivity index is 0.00000232. The van der Waals surface area contributed by atoms with Crippen molar-refractivity contribution in [2.75, 3.05) is 13.2 Å². The molecular formula is C13H17F5NO3P. The molecule has 0 aliphatic carbocycles. The fraction of sp³-hybridized carbons (Fsp3) is 0.462. The first-order chi connectivity index (χ1) is 10.9. The van der Waals surface area contributed by atoms with Crippen LogP contribution in [0.2, 0.25) is 0 Å². The molecule has 0 radical (unpaired) electrons. The summed E-state index contributed by atoms with van der Waals surface area (Å²) in [4.78, 5) is 11.0. The van der Waals surface area contributed by atoms with E-state index in [2.05, 4.69) is 14.3 Å². The fourth-order valence-corrected chi connectivity index (χ4v) is 1.71. The number of esters is 1. The molecule has 1 N–H and O–H groups in total. The Labute approximate surface area is 132 Å². The lowest BCUT2D eigenvalue weighted by atomic mass is 10.3. The Morgan fingerprint density at radius 3 is 1.96 bits per heavy atom. The highest BCUT2D eigenvalue weighted by Gasteiger charge is 2.27. The van der Waals surface area contributed by atoms with Crippen molar-refractivity contribution in [3.05, 3.63) is 29.1 Å². The number of carbonyl (C=O) groups is 1. The van der Waals surface area contributed by atoms with Crippen molar-refractivity contribution < 1.29 is 36.0 Å². The summed E-state index contributed by atoms with van der Waals surface area (Å²) in [6.07, 6.45) is 0.620. The number of ether oxygens (including phenoxy) is 1. The minimum atomic E-state index is -2.27. The Bertz CT molecular complexity index is 502. The summed E-state index contributed by atoms with van der Waals surface area (Å²) >= 11 is 0. The quantitative estimate of drug-likeness (QED) is 0.200. The van der Waals surface area contributed by atoms with Gasteiger partial charge in [-0.3, -0.25) is 9.88 Å². The van der Waals surface area contributed by atoms with E-state index in [1.807, 2.05) is 13.8 Å². The molecule has 0 saturated heterocycles. The molecule has 10 heteroatoms. The van der Waals surface area contributed by atoms with Crippen LogP contribution in [0.1, 0.15) is 27.2 Å². The number of benzene rings is 1. The first kappa shape index (κ1) is 21.5. The molecule has 0 saturated carbocycles. The lowest BCUT2D eigenvalue weighted by Gasteiger charge is -2.10. The maximum Gasteiger partial charge on any atom is 0.320 e. The number of nitrogens with one attached hydrogen (secondary N) is 1. The summed E-state index contributed by atoms with van der Waals surface area (Å²) in [6.45, 7) is 5.67. The van der Waals surface area contributed by atoms with E-state index in [-0.39, 0.29) is 13.2 Å². The topological polar surface area (TPSA) is 47.6 Å². The molecule has 23 heavy (non-hydrogen) atoms. The zero-order valence-electron chi connectivity index (χ0n) is 12.7. The molecule has 1 aromatic carbocycles. The van der Waals surface area contributed by atoms with E-state index < -0.39 is 49.8 Å². The normalized spacial score (nSPS) is 10.4. The highest BCUT2D eigenvalue weighted by Crippen LogP contribution is 2.31. The van der Waals surface area contributed by atoms with Crippen molar-refractivity contribution in [1.82, 2.24) is 5.09 Å². The number of rotatable bonds is 7. The lowest BCUT2D eigenvalue weighted by molar-refractivity contribution is -0.142. The summed E-state index contributed by atoms with van der Waals surface area (Å²) < 4.78 is 74.0. The molecule has 0 heterocycles. The smallest absolute Gasteiger partial charge is 0.320 e. The average molecular weight is 361 g/mol. The van der Waals surface area contributed by atoms with Gasteiger partial charge in [-0.25, -0.2) is 13.2 Å². The minimum Gasteiger partial charge on any atom is -0.465 e. The molecule has 1 rings (SSSR count). The van der Waals surface area contributed by atoms with E-state index in [0.717, 1.165) is 0 Å². The lowest BCUT2D eigenvalue weighted by Crippen LogP contribution is -2.19. The van der Waals surface area contributed by atoms with Gasteiger partial charge in [0.1, 0.15) is 8.96 Å². The second-order valence-electron chi connectivity index (χ2n) is 3.68. The van der Waals surface area contributed by atoms with Gasteiger partial charge in [-0.1, -0.05) is 20.8 Å². The predicted molar refractivity (Wildman–Crippen MR) is 75.8 cm³/mol. The van der Waals surface area contributed by atoms with Gasteiger partial charge in [0.2, 0.25) is 34.8 Å². The van der Waals surface area contributed by atoms with Crippen molar-refractivity contribution in [2.24, 2.45) is 0 Å². The second kappa shape index (κ2) is 11.1. The molecule has 0 spiro atoms. The SMILES string of the molecule is CC.CCCOC(=O)CNPOc1c(F)c(F)c(F)c(F)c1F. The van der Waals surface area contributed by atoms with E-state index in [9.17, 15) is 26.7 Å². The van der Waals surface area contributed by atoms with E-state index in [1.54, 1.807) is 6.92 Å². The Morgan fingerprint density at radius 2 is 1.48 bits per heavy atom. The van der Waals surface area contributed by atoms with Gasteiger partial charge in [0, 0.05) is 0 Å². The van der Waals surface area contributed by atoms with Crippen molar-refractivity contribution >= 4 is 14.9 Å². The monoisotopic (exact) mass is 361 g/mol. The van der Waals surface area contributed by atoms with Crippen LogP contribution >= 0.6 is 8.96 Å². The summed E-state index contributed by atoms with van der Waals surface area (Å²) in [5, 5.41) is 2.31. The molecule has 132 valence electrons. The molecule has 1 atom stereocenters. The highest BCUT2D eigenvalue weighted by atomic mass is 31.1. The number of hydrogen-bond donors (Lipinski definition) is 1. The van der Waals surface area contributed by atoms with Crippen molar-refractivity contribution in [3.63, 3.8) is 0 Å². The maximum absolute atomic E-state index is 13.2. The van der Waals surface area contributed by atoms with Gasteiger partial charge in [-0.15, -0.1) is 0 Å². The van der Waals surface area contributed by atoms with Crippen LogP contribution in [0.15, 0.2) is 0 Å². The van der Waals surface area contributed by atoms with Crippen LogP contribution in [0, 0.1) is 29.1 Å². The van der Waals surface area contributed by atoms with Crippen LogP contribution in [-0.4, -0.2) is 19.1 Å². The largest absolute Gasteiger partial charge is 0.465 e. The molecular weight excluding hydrogens is 344 g/mol. The Hall–Kier alpha value is -1.47. The molecule has 1 aromatic rings. The van der Waals surface area contributed by atoms with Gasteiger partial charge in [0.05, 0.1) is 13.2 Å². The van der Waals surface area contributed by atoms with E-state index in [1.165, 1.54) is 0 Å². The summed E-state index contributed by atoms with van der Waals surface area (Å²) in [6, 6.07) is 0. The molecule has 0 bridgehead atoms. The maximum atomic E-state index is 13.2. The standard InChI is InChI=1S/C11H11F5NO3P.C2H6/c1-2-3-19-5(18)4-17-21-20-11-9(15)7(13)6(12)8(14)10(11)16;1-2/h17,21H,2-4H2,1H3;1-2H3. The summed E-state index contributed by atoms with van der Waals surface area (Å²) in [7, 11) is -0.897. The minimum absolute atomic E-state index is 0.210. The van der Waals surface area contributed by atoms with Crippen LogP contribution in [0.3, 0.4) is 0 Å².